The minimum Gasteiger partial charge on any atom is -0.339 e. The molecule has 0 saturated carbocycles. The van der Waals surface area contributed by atoms with Crippen LogP contribution in [0.1, 0.15) is 40.8 Å². The molecular formula is C16H18ClN3OS. The second-order valence-corrected chi connectivity index (χ2v) is 7.67. The summed E-state index contributed by atoms with van der Waals surface area (Å²) in [5, 5.41) is 1.07. The number of thiazole rings is 1. The summed E-state index contributed by atoms with van der Waals surface area (Å²) in [5.74, 6) is 0.0618. The molecule has 1 amide bonds. The van der Waals surface area contributed by atoms with Crippen molar-refractivity contribution in [1.82, 2.24) is 14.9 Å². The number of likely N-dealkylation sites (tertiary alicyclic amines) is 1. The Hall–Kier alpha value is -1.46. The molecule has 3 heterocycles. The Kier molecular flexibility index (Phi) is 4.19. The van der Waals surface area contributed by atoms with Crippen LogP contribution in [-0.2, 0) is 5.41 Å². The molecule has 116 valence electrons. The van der Waals surface area contributed by atoms with Crippen LogP contribution in [0, 0.1) is 6.92 Å². The van der Waals surface area contributed by atoms with E-state index in [4.69, 9.17) is 11.6 Å². The molecule has 0 N–H and O–H groups in total. The van der Waals surface area contributed by atoms with E-state index in [9.17, 15) is 4.79 Å². The predicted molar refractivity (Wildman–Crippen MR) is 88.6 cm³/mol. The molecule has 0 aromatic carbocycles. The van der Waals surface area contributed by atoms with Crippen LogP contribution >= 0.6 is 22.9 Å². The number of hydrogen-bond acceptors (Lipinski definition) is 4. The van der Waals surface area contributed by atoms with E-state index in [2.05, 4.69) is 16.9 Å². The van der Waals surface area contributed by atoms with Crippen LogP contribution in [0.15, 0.2) is 24.5 Å². The van der Waals surface area contributed by atoms with Crippen molar-refractivity contribution in [3.05, 3.63) is 45.1 Å². The standard InChI is InChI=1S/C16H18ClN3OS/c1-11-3-4-12(9-18-11)14(21)20-7-5-16(2,6-8-20)15-19-10-13(17)22-15/h3-4,9-10H,5-8H2,1-2H3. The van der Waals surface area contributed by atoms with Crippen LogP contribution in [0.3, 0.4) is 0 Å². The lowest BCUT2D eigenvalue weighted by atomic mass is 9.81. The molecule has 6 heteroatoms. The number of carbonyl (C=O) groups is 1. The number of hydrogen-bond donors (Lipinski definition) is 0. The van der Waals surface area contributed by atoms with Crippen molar-refractivity contribution in [2.24, 2.45) is 0 Å². The van der Waals surface area contributed by atoms with Gasteiger partial charge in [0.15, 0.2) is 0 Å². The van der Waals surface area contributed by atoms with Crippen LogP contribution < -0.4 is 0 Å². The summed E-state index contributed by atoms with van der Waals surface area (Å²) in [5.41, 5.74) is 1.59. The number of halogens is 1. The summed E-state index contributed by atoms with van der Waals surface area (Å²) in [6.45, 7) is 5.60. The van der Waals surface area contributed by atoms with Crippen molar-refractivity contribution < 1.29 is 4.79 Å². The highest BCUT2D eigenvalue weighted by Crippen LogP contribution is 2.38. The molecule has 1 saturated heterocycles. The SMILES string of the molecule is Cc1ccc(C(=O)N2CCC(C)(c3ncc(Cl)s3)CC2)cn1. The number of amides is 1. The zero-order valence-corrected chi connectivity index (χ0v) is 14.2. The highest BCUT2D eigenvalue weighted by Gasteiger charge is 2.35. The maximum absolute atomic E-state index is 12.5. The molecule has 0 radical (unpaired) electrons. The number of rotatable bonds is 2. The molecule has 2 aromatic heterocycles. The maximum Gasteiger partial charge on any atom is 0.255 e. The molecule has 0 atom stereocenters. The Labute approximate surface area is 139 Å². The van der Waals surface area contributed by atoms with Gasteiger partial charge in [-0.1, -0.05) is 18.5 Å². The molecule has 0 aliphatic carbocycles. The van der Waals surface area contributed by atoms with E-state index in [1.807, 2.05) is 24.0 Å². The number of aromatic nitrogens is 2. The Balaban J connectivity index is 1.68. The lowest BCUT2D eigenvalue weighted by Gasteiger charge is -2.38. The first-order chi connectivity index (χ1) is 10.5. The Morgan fingerprint density at radius 2 is 2.00 bits per heavy atom. The molecule has 3 rings (SSSR count). The van der Waals surface area contributed by atoms with Gasteiger partial charge in [-0.2, -0.15) is 0 Å². The van der Waals surface area contributed by atoms with Gasteiger partial charge in [-0.15, -0.1) is 11.3 Å². The van der Waals surface area contributed by atoms with E-state index in [1.165, 1.54) is 0 Å². The number of aryl methyl sites for hydroxylation is 1. The Morgan fingerprint density at radius 3 is 2.55 bits per heavy atom. The van der Waals surface area contributed by atoms with Crippen molar-refractivity contribution >= 4 is 28.8 Å². The average Bonchev–Trinajstić information content (AvgIpc) is 2.96. The fourth-order valence-electron chi connectivity index (χ4n) is 2.73. The van der Waals surface area contributed by atoms with Gasteiger partial charge >= 0.3 is 0 Å². The molecule has 22 heavy (non-hydrogen) atoms. The smallest absolute Gasteiger partial charge is 0.255 e. The second kappa shape index (κ2) is 5.97. The van der Waals surface area contributed by atoms with Crippen LogP contribution in [0.2, 0.25) is 4.34 Å². The summed E-state index contributed by atoms with van der Waals surface area (Å²) >= 11 is 7.54. The summed E-state index contributed by atoms with van der Waals surface area (Å²) in [6, 6.07) is 3.72. The van der Waals surface area contributed by atoms with Gasteiger partial charge in [-0.3, -0.25) is 9.78 Å². The van der Waals surface area contributed by atoms with E-state index in [-0.39, 0.29) is 11.3 Å². The van der Waals surface area contributed by atoms with Gasteiger partial charge in [0, 0.05) is 30.4 Å². The quantitative estimate of drug-likeness (QED) is 0.840. The summed E-state index contributed by atoms with van der Waals surface area (Å²) in [4.78, 5) is 23.0. The molecule has 0 unspecified atom stereocenters. The van der Waals surface area contributed by atoms with Crippen molar-refractivity contribution in [3.63, 3.8) is 0 Å². The predicted octanol–water partition coefficient (Wildman–Crippen LogP) is 3.69. The zero-order chi connectivity index (χ0) is 15.7. The summed E-state index contributed by atoms with van der Waals surface area (Å²) < 4.78 is 0.723. The van der Waals surface area contributed by atoms with E-state index in [0.717, 1.165) is 41.0 Å². The average molecular weight is 336 g/mol. The van der Waals surface area contributed by atoms with Crippen molar-refractivity contribution in [2.75, 3.05) is 13.1 Å². The van der Waals surface area contributed by atoms with E-state index in [0.29, 0.717) is 5.56 Å². The van der Waals surface area contributed by atoms with E-state index < -0.39 is 0 Å². The molecule has 2 aromatic rings. The van der Waals surface area contributed by atoms with Gasteiger partial charge in [-0.05, 0) is 31.9 Å². The molecular weight excluding hydrogens is 318 g/mol. The minimum atomic E-state index is 0.0140. The molecule has 0 bridgehead atoms. The van der Waals surface area contributed by atoms with Crippen LogP contribution in [0.5, 0.6) is 0 Å². The lowest BCUT2D eigenvalue weighted by Crippen LogP contribution is -2.43. The third kappa shape index (κ3) is 3.01. The fraction of sp³-hybridized carbons (Fsp3) is 0.438. The van der Waals surface area contributed by atoms with Crippen molar-refractivity contribution in [3.8, 4) is 0 Å². The van der Waals surface area contributed by atoms with Crippen LogP contribution in [-0.4, -0.2) is 33.9 Å². The number of carbonyl (C=O) groups excluding carboxylic acids is 1. The Bertz CT molecular complexity index is 675. The fourth-order valence-corrected chi connectivity index (χ4v) is 3.84. The van der Waals surface area contributed by atoms with Gasteiger partial charge in [0.05, 0.1) is 11.8 Å². The zero-order valence-electron chi connectivity index (χ0n) is 12.7. The van der Waals surface area contributed by atoms with E-state index in [1.54, 1.807) is 23.7 Å². The summed E-state index contributed by atoms with van der Waals surface area (Å²) in [7, 11) is 0. The van der Waals surface area contributed by atoms with Gasteiger partial charge in [0.2, 0.25) is 0 Å². The van der Waals surface area contributed by atoms with Gasteiger partial charge in [0.1, 0.15) is 9.34 Å². The van der Waals surface area contributed by atoms with Gasteiger partial charge in [0.25, 0.3) is 5.91 Å². The summed E-state index contributed by atoms with van der Waals surface area (Å²) in [6.07, 6.45) is 5.18. The van der Waals surface area contributed by atoms with E-state index >= 15 is 0 Å². The van der Waals surface area contributed by atoms with Crippen molar-refractivity contribution in [1.29, 1.82) is 0 Å². The molecule has 0 spiro atoms. The van der Waals surface area contributed by atoms with Gasteiger partial charge < -0.3 is 4.90 Å². The number of pyridine rings is 1. The first-order valence-electron chi connectivity index (χ1n) is 7.32. The Morgan fingerprint density at radius 1 is 1.27 bits per heavy atom. The van der Waals surface area contributed by atoms with Crippen LogP contribution in [0.4, 0.5) is 0 Å². The maximum atomic E-state index is 12.5. The molecule has 1 fully saturated rings. The normalized spacial score (nSPS) is 17.5. The first kappa shape index (κ1) is 15.4. The minimum absolute atomic E-state index is 0.0140. The third-order valence-corrected chi connectivity index (χ3v) is 5.73. The monoisotopic (exact) mass is 335 g/mol. The second-order valence-electron chi connectivity index (χ2n) is 6.01. The number of nitrogens with zero attached hydrogens (tertiary/aromatic N) is 3. The first-order valence-corrected chi connectivity index (χ1v) is 8.51. The highest BCUT2D eigenvalue weighted by molar-refractivity contribution is 7.15. The molecule has 4 nitrogen and oxygen atoms in total. The van der Waals surface area contributed by atoms with Crippen LogP contribution in [0.25, 0.3) is 0 Å². The largest absolute Gasteiger partial charge is 0.339 e. The molecule has 1 aliphatic heterocycles. The molecule has 1 aliphatic rings. The topological polar surface area (TPSA) is 46.1 Å². The number of piperidine rings is 1. The third-order valence-electron chi connectivity index (χ3n) is 4.31. The van der Waals surface area contributed by atoms with Gasteiger partial charge in [-0.25, -0.2) is 4.98 Å². The highest BCUT2D eigenvalue weighted by atomic mass is 35.5. The van der Waals surface area contributed by atoms with Crippen molar-refractivity contribution in [2.45, 2.75) is 32.1 Å². The lowest BCUT2D eigenvalue weighted by molar-refractivity contribution is 0.0675.